The van der Waals surface area contributed by atoms with Crippen molar-refractivity contribution in [3.63, 3.8) is 0 Å². The van der Waals surface area contributed by atoms with Gasteiger partial charge in [-0.05, 0) is 48.9 Å². The van der Waals surface area contributed by atoms with Crippen molar-refractivity contribution in [2.24, 2.45) is 4.99 Å². The lowest BCUT2D eigenvalue weighted by molar-refractivity contribution is 0.413. The van der Waals surface area contributed by atoms with Gasteiger partial charge >= 0.3 is 0 Å². The lowest BCUT2D eigenvalue weighted by Gasteiger charge is -2.24. The maximum Gasteiger partial charge on any atom is 0.128 e. The molecule has 3 heterocycles. The molecule has 0 radical (unpaired) electrons. The van der Waals surface area contributed by atoms with Gasteiger partial charge in [-0.25, -0.2) is 0 Å². The normalized spacial score (nSPS) is 20.4. The minimum Gasteiger partial charge on any atom is -0.328 e. The summed E-state index contributed by atoms with van der Waals surface area (Å²) in [7, 11) is 0. The minimum atomic E-state index is 0.157. The molecule has 4 aromatic rings. The third-order valence-corrected chi connectivity index (χ3v) is 6.11. The number of aromatic nitrogens is 1. The van der Waals surface area contributed by atoms with Crippen molar-refractivity contribution < 1.29 is 0 Å². The van der Waals surface area contributed by atoms with E-state index in [-0.39, 0.29) is 6.04 Å². The summed E-state index contributed by atoms with van der Waals surface area (Å²) in [5, 5.41) is 2.58. The van der Waals surface area contributed by atoms with Crippen LogP contribution in [0.2, 0.25) is 0 Å². The number of amidine groups is 1. The molecule has 0 amide bonds. The van der Waals surface area contributed by atoms with E-state index >= 15 is 0 Å². The molecule has 1 aromatic heterocycles. The van der Waals surface area contributed by atoms with E-state index in [2.05, 4.69) is 114 Å². The van der Waals surface area contributed by atoms with E-state index in [1.54, 1.807) is 0 Å². The second kappa shape index (κ2) is 6.21. The number of fused-ring (bicyclic) bond motifs is 4. The van der Waals surface area contributed by atoms with Crippen molar-refractivity contribution in [2.75, 3.05) is 0 Å². The van der Waals surface area contributed by atoms with Crippen molar-refractivity contribution in [3.05, 3.63) is 103 Å². The molecule has 2 aliphatic rings. The van der Waals surface area contributed by atoms with E-state index in [1.807, 2.05) is 0 Å². The topological polar surface area (TPSA) is 20.5 Å². The molecule has 2 atom stereocenters. The number of rotatable bonds is 2. The van der Waals surface area contributed by atoms with Crippen LogP contribution in [-0.2, 0) is 0 Å². The van der Waals surface area contributed by atoms with Gasteiger partial charge < -0.3 is 9.47 Å². The Bertz CT molecular complexity index is 1270. The first-order valence-corrected chi connectivity index (χ1v) is 10.1. The van der Waals surface area contributed by atoms with Crippen LogP contribution in [0, 0.1) is 0 Å². The van der Waals surface area contributed by atoms with Crippen molar-refractivity contribution in [1.29, 1.82) is 0 Å². The number of nitrogens with zero attached hydrogens (tertiary/aromatic N) is 3. The molecule has 2 unspecified atom stereocenters. The van der Waals surface area contributed by atoms with Gasteiger partial charge in [0.05, 0.1) is 23.1 Å². The van der Waals surface area contributed by atoms with E-state index in [9.17, 15) is 0 Å². The summed E-state index contributed by atoms with van der Waals surface area (Å²) in [4.78, 5) is 7.21. The van der Waals surface area contributed by atoms with Gasteiger partial charge in [-0.2, -0.15) is 0 Å². The summed E-state index contributed by atoms with van der Waals surface area (Å²) in [6, 6.07) is 26.7. The fourth-order valence-corrected chi connectivity index (χ4v) is 4.68. The minimum absolute atomic E-state index is 0.157. The SMILES string of the molecule is CC1C(c2ccc(-n3c4ccccc4c4ccccc43)cc2)N=C2C=CC=CN21. The molecule has 0 saturated heterocycles. The largest absolute Gasteiger partial charge is 0.328 e. The Morgan fingerprint density at radius 1 is 0.759 bits per heavy atom. The quantitative estimate of drug-likeness (QED) is 0.420. The van der Waals surface area contributed by atoms with Crippen LogP contribution >= 0.6 is 0 Å². The Morgan fingerprint density at radius 3 is 2.07 bits per heavy atom. The Balaban J connectivity index is 1.45. The molecule has 3 heteroatoms. The average Bonchev–Trinajstić information content (AvgIpc) is 3.29. The molecule has 0 N–H and O–H groups in total. The summed E-state index contributed by atoms with van der Waals surface area (Å²) in [5.41, 5.74) is 4.92. The van der Waals surface area contributed by atoms with Crippen LogP contribution in [0.5, 0.6) is 0 Å². The first kappa shape index (κ1) is 16.4. The van der Waals surface area contributed by atoms with E-state index in [0.717, 1.165) is 5.84 Å². The lowest BCUT2D eigenvalue weighted by atomic mass is 10.0. The highest BCUT2D eigenvalue weighted by atomic mass is 15.3. The third-order valence-electron chi connectivity index (χ3n) is 6.11. The van der Waals surface area contributed by atoms with Crippen LogP contribution in [0.4, 0.5) is 0 Å². The molecule has 2 aliphatic heterocycles. The maximum atomic E-state index is 4.95. The van der Waals surface area contributed by atoms with Crippen LogP contribution in [0.3, 0.4) is 0 Å². The van der Waals surface area contributed by atoms with Crippen LogP contribution in [-0.4, -0.2) is 21.3 Å². The van der Waals surface area contributed by atoms with Gasteiger partial charge in [0.1, 0.15) is 5.84 Å². The number of benzene rings is 3. The monoisotopic (exact) mass is 375 g/mol. The number of aliphatic imine (C=N–C) groups is 1. The molecule has 3 nitrogen and oxygen atoms in total. The zero-order valence-electron chi connectivity index (χ0n) is 16.2. The number of hydrogen-bond acceptors (Lipinski definition) is 2. The molecular weight excluding hydrogens is 354 g/mol. The number of para-hydroxylation sites is 2. The molecule has 0 bridgehead atoms. The second-order valence-corrected chi connectivity index (χ2v) is 7.74. The van der Waals surface area contributed by atoms with Crippen molar-refractivity contribution in [2.45, 2.75) is 19.0 Å². The number of hydrogen-bond donors (Lipinski definition) is 0. The van der Waals surface area contributed by atoms with Gasteiger partial charge in [-0.3, -0.25) is 4.99 Å². The van der Waals surface area contributed by atoms with Crippen LogP contribution in [0.25, 0.3) is 27.5 Å². The maximum absolute atomic E-state index is 4.95. The highest BCUT2D eigenvalue weighted by Crippen LogP contribution is 2.35. The molecular formula is C26H21N3. The third kappa shape index (κ3) is 2.40. The van der Waals surface area contributed by atoms with Gasteiger partial charge in [0.2, 0.25) is 0 Å². The Morgan fingerprint density at radius 2 is 1.41 bits per heavy atom. The van der Waals surface area contributed by atoms with Crippen molar-refractivity contribution >= 4 is 27.6 Å². The molecule has 140 valence electrons. The van der Waals surface area contributed by atoms with Gasteiger partial charge in [-0.15, -0.1) is 0 Å². The van der Waals surface area contributed by atoms with E-state index in [1.165, 1.54) is 33.1 Å². The summed E-state index contributed by atoms with van der Waals surface area (Å²) in [5.74, 6) is 1.05. The van der Waals surface area contributed by atoms with Gasteiger partial charge in [0.15, 0.2) is 0 Å². The molecule has 6 rings (SSSR count). The molecule has 3 aromatic carbocycles. The lowest BCUT2D eigenvalue weighted by Crippen LogP contribution is -2.30. The van der Waals surface area contributed by atoms with Crippen LogP contribution in [0.15, 0.2) is 102 Å². The first-order valence-electron chi connectivity index (χ1n) is 10.1. The highest BCUT2D eigenvalue weighted by molar-refractivity contribution is 6.09. The van der Waals surface area contributed by atoms with E-state index in [0.29, 0.717) is 6.04 Å². The summed E-state index contributed by atoms with van der Waals surface area (Å²) in [6.45, 7) is 2.24. The predicted octanol–water partition coefficient (Wildman–Crippen LogP) is 6.01. The average molecular weight is 375 g/mol. The molecule has 29 heavy (non-hydrogen) atoms. The highest BCUT2D eigenvalue weighted by Gasteiger charge is 2.32. The zero-order chi connectivity index (χ0) is 19.4. The molecule has 0 saturated carbocycles. The van der Waals surface area contributed by atoms with Gasteiger partial charge in [0, 0.05) is 22.7 Å². The Hall–Kier alpha value is -3.59. The Labute approximate surface area is 169 Å². The predicted molar refractivity (Wildman–Crippen MR) is 121 cm³/mol. The molecule has 0 aliphatic carbocycles. The van der Waals surface area contributed by atoms with Crippen molar-refractivity contribution in [1.82, 2.24) is 9.47 Å². The Kier molecular flexibility index (Phi) is 3.51. The standard InChI is InChI=1S/C26H21N3/c1-18-26(27-25-12-6-7-17-28(18)25)19-13-15-20(16-14-19)29-23-10-4-2-8-21(23)22-9-3-5-11-24(22)29/h2-18,26H,1H3. The van der Waals surface area contributed by atoms with Gasteiger partial charge in [-0.1, -0.05) is 54.6 Å². The number of allylic oxidation sites excluding steroid dienone is 2. The fourth-order valence-electron chi connectivity index (χ4n) is 4.68. The van der Waals surface area contributed by atoms with E-state index < -0.39 is 0 Å². The second-order valence-electron chi connectivity index (χ2n) is 7.74. The van der Waals surface area contributed by atoms with Crippen LogP contribution in [0.1, 0.15) is 18.5 Å². The first-order chi connectivity index (χ1) is 14.3. The summed E-state index contributed by atoms with van der Waals surface area (Å²) in [6.07, 6.45) is 8.33. The smallest absolute Gasteiger partial charge is 0.128 e. The van der Waals surface area contributed by atoms with Crippen LogP contribution < -0.4 is 0 Å². The van der Waals surface area contributed by atoms with Crippen molar-refractivity contribution in [3.8, 4) is 5.69 Å². The van der Waals surface area contributed by atoms with Gasteiger partial charge in [0.25, 0.3) is 0 Å². The van der Waals surface area contributed by atoms with E-state index in [4.69, 9.17) is 4.99 Å². The summed E-state index contributed by atoms with van der Waals surface area (Å²) >= 11 is 0. The summed E-state index contributed by atoms with van der Waals surface area (Å²) < 4.78 is 2.35. The molecule has 0 spiro atoms. The molecule has 0 fully saturated rings. The zero-order valence-corrected chi connectivity index (χ0v) is 16.2. The fraction of sp³-hybridized carbons (Fsp3) is 0.115.